The zero-order chi connectivity index (χ0) is 27.9. The van der Waals surface area contributed by atoms with Gasteiger partial charge in [-0.25, -0.2) is 9.59 Å². The molecule has 1 aliphatic heterocycles. The molecular formula is C30H41N3O5. The van der Waals surface area contributed by atoms with E-state index >= 15 is 0 Å². The number of ether oxygens (including phenoxy) is 1. The average Bonchev–Trinajstić information content (AvgIpc) is 2.85. The van der Waals surface area contributed by atoms with E-state index in [2.05, 4.69) is 31.3 Å². The van der Waals surface area contributed by atoms with Crippen LogP contribution in [0.1, 0.15) is 58.1 Å². The van der Waals surface area contributed by atoms with E-state index in [0.717, 1.165) is 11.1 Å². The van der Waals surface area contributed by atoms with E-state index in [1.54, 1.807) is 20.8 Å². The van der Waals surface area contributed by atoms with Crippen LogP contribution in [0.15, 0.2) is 60.7 Å². The molecule has 0 bridgehead atoms. The molecule has 206 valence electrons. The molecule has 0 radical (unpaired) electrons. The van der Waals surface area contributed by atoms with Gasteiger partial charge in [0.05, 0.1) is 12.0 Å². The van der Waals surface area contributed by atoms with Gasteiger partial charge in [0.2, 0.25) is 5.91 Å². The third kappa shape index (κ3) is 8.50. The zero-order valence-corrected chi connectivity index (χ0v) is 23.1. The van der Waals surface area contributed by atoms with Crippen molar-refractivity contribution in [3.63, 3.8) is 0 Å². The summed E-state index contributed by atoms with van der Waals surface area (Å²) >= 11 is 0. The topological polar surface area (TPSA) is 99.2 Å². The van der Waals surface area contributed by atoms with Crippen molar-refractivity contribution in [2.75, 3.05) is 19.6 Å². The van der Waals surface area contributed by atoms with Crippen molar-refractivity contribution >= 4 is 18.1 Å². The molecule has 8 nitrogen and oxygen atoms in total. The van der Waals surface area contributed by atoms with Crippen LogP contribution < -0.4 is 5.32 Å². The molecule has 8 heteroatoms. The van der Waals surface area contributed by atoms with Gasteiger partial charge in [-0.15, -0.1) is 0 Å². The molecule has 38 heavy (non-hydrogen) atoms. The van der Waals surface area contributed by atoms with Crippen LogP contribution in [0, 0.1) is 11.8 Å². The number of nitrogens with zero attached hydrogens (tertiary/aromatic N) is 2. The Kier molecular flexibility index (Phi) is 9.78. The van der Waals surface area contributed by atoms with Crippen molar-refractivity contribution in [1.29, 1.82) is 0 Å². The fraction of sp³-hybridized carbons (Fsp3) is 0.500. The maximum absolute atomic E-state index is 14.1. The molecule has 2 N–H and O–H groups in total. The molecule has 1 unspecified atom stereocenters. The Balaban J connectivity index is 1.86. The van der Waals surface area contributed by atoms with Crippen LogP contribution in [0.25, 0.3) is 0 Å². The van der Waals surface area contributed by atoms with Crippen molar-refractivity contribution in [2.24, 2.45) is 11.8 Å². The predicted octanol–water partition coefficient (Wildman–Crippen LogP) is 5.35. The van der Waals surface area contributed by atoms with E-state index in [0.29, 0.717) is 19.5 Å². The summed E-state index contributed by atoms with van der Waals surface area (Å²) in [5.74, 6) is -0.310. The molecular weight excluding hydrogens is 482 g/mol. The van der Waals surface area contributed by atoms with Gasteiger partial charge >= 0.3 is 12.2 Å². The first-order valence-electron chi connectivity index (χ1n) is 13.3. The third-order valence-electron chi connectivity index (χ3n) is 6.77. The number of hydrogen-bond donors (Lipinski definition) is 2. The molecule has 2 aromatic carbocycles. The minimum Gasteiger partial charge on any atom is -0.465 e. The highest BCUT2D eigenvalue weighted by atomic mass is 16.6. The Morgan fingerprint density at radius 2 is 1.63 bits per heavy atom. The van der Waals surface area contributed by atoms with Crippen LogP contribution >= 0.6 is 0 Å². The van der Waals surface area contributed by atoms with Gasteiger partial charge in [0.1, 0.15) is 5.60 Å². The molecule has 3 atom stereocenters. The molecule has 0 aromatic heterocycles. The monoisotopic (exact) mass is 523 g/mol. The van der Waals surface area contributed by atoms with Gasteiger partial charge in [0.15, 0.2) is 0 Å². The Morgan fingerprint density at radius 1 is 1.03 bits per heavy atom. The highest BCUT2D eigenvalue weighted by Gasteiger charge is 2.38. The summed E-state index contributed by atoms with van der Waals surface area (Å²) in [6.07, 6.45) is -1.39. The Hall–Kier alpha value is -3.55. The van der Waals surface area contributed by atoms with Crippen molar-refractivity contribution in [3.8, 4) is 0 Å². The second-order valence-electron chi connectivity index (χ2n) is 11.4. The number of benzene rings is 2. The van der Waals surface area contributed by atoms with Crippen molar-refractivity contribution in [1.82, 2.24) is 15.1 Å². The average molecular weight is 524 g/mol. The fourth-order valence-corrected chi connectivity index (χ4v) is 4.95. The van der Waals surface area contributed by atoms with Gasteiger partial charge < -0.3 is 25.0 Å². The SMILES string of the molecule is CC(C)C(CN(Cc1ccccc1)C(=O)[C@H]1C[C@H](NC(=O)OC(C)(C)C)CN(C(=O)O)C1)c1ccccc1. The van der Waals surface area contributed by atoms with E-state index in [1.807, 2.05) is 53.4 Å². The number of carbonyl (C=O) groups is 3. The number of carboxylic acid groups (broad SMARTS) is 1. The molecule has 1 fully saturated rings. The van der Waals surface area contributed by atoms with E-state index < -0.39 is 29.7 Å². The Labute approximate surface area is 226 Å². The maximum atomic E-state index is 14.1. The predicted molar refractivity (Wildman–Crippen MR) is 147 cm³/mol. The standard InChI is InChI=1S/C30H41N3O5/c1-21(2)26(23-14-10-7-11-15-23)20-32(17-22-12-8-6-9-13-22)27(34)24-16-25(19-33(18-24)29(36)37)31-28(35)38-30(3,4)5/h6-15,21,24-26H,16-20H2,1-5H3,(H,31,35)(H,36,37)/t24-,25-,26?/m0/s1. The zero-order valence-electron chi connectivity index (χ0n) is 23.1. The molecule has 0 saturated carbocycles. The number of likely N-dealkylation sites (tertiary alicyclic amines) is 1. The summed E-state index contributed by atoms with van der Waals surface area (Å²) in [5, 5.41) is 12.6. The van der Waals surface area contributed by atoms with E-state index in [9.17, 15) is 19.5 Å². The fourth-order valence-electron chi connectivity index (χ4n) is 4.95. The van der Waals surface area contributed by atoms with Gasteiger partial charge in [-0.2, -0.15) is 0 Å². The maximum Gasteiger partial charge on any atom is 0.407 e. The van der Waals surface area contributed by atoms with Crippen LogP contribution in [-0.4, -0.2) is 64.3 Å². The lowest BCUT2D eigenvalue weighted by atomic mass is 9.87. The van der Waals surface area contributed by atoms with E-state index in [-0.39, 0.29) is 30.8 Å². The molecule has 1 saturated heterocycles. The normalized spacial score (nSPS) is 18.5. The largest absolute Gasteiger partial charge is 0.465 e. The van der Waals surface area contributed by atoms with Crippen LogP contribution in [0.3, 0.4) is 0 Å². The first-order chi connectivity index (χ1) is 17.9. The van der Waals surface area contributed by atoms with Crippen LogP contribution in [0.4, 0.5) is 9.59 Å². The lowest BCUT2D eigenvalue weighted by molar-refractivity contribution is -0.138. The lowest BCUT2D eigenvalue weighted by Crippen LogP contribution is -2.56. The number of amides is 3. The number of piperidine rings is 1. The summed E-state index contributed by atoms with van der Waals surface area (Å²) in [6.45, 7) is 10.7. The highest BCUT2D eigenvalue weighted by molar-refractivity contribution is 5.80. The Bertz CT molecular complexity index is 1070. The van der Waals surface area contributed by atoms with Gasteiger partial charge in [-0.05, 0) is 44.2 Å². The van der Waals surface area contributed by atoms with Crippen molar-refractivity contribution in [3.05, 3.63) is 71.8 Å². The summed E-state index contributed by atoms with van der Waals surface area (Å²) in [6, 6.07) is 19.5. The number of alkyl carbamates (subject to hydrolysis) is 1. The smallest absolute Gasteiger partial charge is 0.407 e. The molecule has 3 amide bonds. The Morgan fingerprint density at radius 3 is 2.18 bits per heavy atom. The van der Waals surface area contributed by atoms with Crippen molar-refractivity contribution in [2.45, 2.75) is 65.1 Å². The minimum atomic E-state index is -1.11. The second-order valence-corrected chi connectivity index (χ2v) is 11.4. The third-order valence-corrected chi connectivity index (χ3v) is 6.77. The minimum absolute atomic E-state index is 0.0869. The molecule has 0 aliphatic carbocycles. The summed E-state index contributed by atoms with van der Waals surface area (Å²) in [7, 11) is 0. The number of hydrogen-bond acceptors (Lipinski definition) is 4. The second kappa shape index (κ2) is 12.8. The lowest BCUT2D eigenvalue weighted by Gasteiger charge is -2.39. The number of rotatable bonds is 8. The van der Waals surface area contributed by atoms with Gasteiger partial charge in [0, 0.05) is 32.1 Å². The van der Waals surface area contributed by atoms with Gasteiger partial charge in [0.25, 0.3) is 0 Å². The number of nitrogens with one attached hydrogen (secondary N) is 1. The quantitative estimate of drug-likeness (QED) is 0.486. The molecule has 3 rings (SSSR count). The van der Waals surface area contributed by atoms with E-state index in [4.69, 9.17) is 4.74 Å². The number of carbonyl (C=O) groups excluding carboxylic acids is 2. The van der Waals surface area contributed by atoms with Crippen LogP contribution in [0.2, 0.25) is 0 Å². The first-order valence-corrected chi connectivity index (χ1v) is 13.3. The van der Waals surface area contributed by atoms with Crippen LogP contribution in [0.5, 0.6) is 0 Å². The molecule has 1 heterocycles. The molecule has 0 spiro atoms. The summed E-state index contributed by atoms with van der Waals surface area (Å²) in [4.78, 5) is 41.5. The van der Waals surface area contributed by atoms with Crippen molar-refractivity contribution < 1.29 is 24.2 Å². The van der Waals surface area contributed by atoms with Gasteiger partial charge in [-0.1, -0.05) is 74.5 Å². The highest BCUT2D eigenvalue weighted by Crippen LogP contribution is 2.28. The summed E-state index contributed by atoms with van der Waals surface area (Å²) < 4.78 is 5.37. The molecule has 2 aromatic rings. The molecule has 1 aliphatic rings. The van der Waals surface area contributed by atoms with Crippen LogP contribution in [-0.2, 0) is 16.1 Å². The summed E-state index contributed by atoms with van der Waals surface area (Å²) in [5.41, 5.74) is 1.48. The van der Waals surface area contributed by atoms with E-state index in [1.165, 1.54) is 4.90 Å². The van der Waals surface area contributed by atoms with Gasteiger partial charge in [-0.3, -0.25) is 4.79 Å². The first kappa shape index (κ1) is 29.0.